The SMILES string of the molecule is CC1(C)CN(CCCOc2ccc(Cl)cc2N)CCC1(O)Cc1ccc(Cl)cc1. The van der Waals surface area contributed by atoms with Gasteiger partial charge in [-0.1, -0.05) is 49.2 Å². The molecule has 3 N–H and O–H groups in total. The maximum Gasteiger partial charge on any atom is 0.142 e. The second-order valence-corrected chi connectivity index (χ2v) is 9.50. The van der Waals surface area contributed by atoms with Crippen molar-refractivity contribution < 1.29 is 9.84 Å². The second kappa shape index (κ2) is 9.13. The van der Waals surface area contributed by atoms with Crippen LogP contribution in [0.4, 0.5) is 5.69 Å². The molecule has 1 fully saturated rings. The summed E-state index contributed by atoms with van der Waals surface area (Å²) in [6, 6.07) is 13.1. The fraction of sp³-hybridized carbons (Fsp3) is 0.478. The molecule has 1 saturated heterocycles. The highest BCUT2D eigenvalue weighted by Gasteiger charge is 2.47. The van der Waals surface area contributed by atoms with Crippen LogP contribution in [-0.2, 0) is 6.42 Å². The number of hydrogen-bond acceptors (Lipinski definition) is 4. The minimum atomic E-state index is -0.731. The third-order valence-electron chi connectivity index (χ3n) is 5.98. The quantitative estimate of drug-likeness (QED) is 0.470. The molecule has 0 saturated carbocycles. The second-order valence-electron chi connectivity index (χ2n) is 8.63. The predicted octanol–water partition coefficient (Wildman–Crippen LogP) is 5.05. The van der Waals surface area contributed by atoms with Crippen LogP contribution in [0.1, 0.15) is 32.3 Å². The first-order valence-corrected chi connectivity index (χ1v) is 10.8. The molecule has 1 aliphatic rings. The minimum Gasteiger partial charge on any atom is -0.491 e. The van der Waals surface area contributed by atoms with E-state index in [9.17, 15) is 5.11 Å². The van der Waals surface area contributed by atoms with E-state index in [0.717, 1.165) is 43.1 Å². The summed E-state index contributed by atoms with van der Waals surface area (Å²) in [5.41, 5.74) is 6.66. The fourth-order valence-corrected chi connectivity index (χ4v) is 4.35. The van der Waals surface area contributed by atoms with E-state index in [1.165, 1.54) is 0 Å². The van der Waals surface area contributed by atoms with Gasteiger partial charge < -0.3 is 20.5 Å². The summed E-state index contributed by atoms with van der Waals surface area (Å²) in [5, 5.41) is 12.7. The molecule has 4 nitrogen and oxygen atoms in total. The zero-order chi connectivity index (χ0) is 21.1. The fourth-order valence-electron chi connectivity index (χ4n) is 4.05. The van der Waals surface area contributed by atoms with Gasteiger partial charge in [0.2, 0.25) is 0 Å². The van der Waals surface area contributed by atoms with Crippen molar-refractivity contribution in [3.63, 3.8) is 0 Å². The first-order chi connectivity index (χ1) is 13.7. The number of benzene rings is 2. The summed E-state index contributed by atoms with van der Waals surface area (Å²) < 4.78 is 5.79. The van der Waals surface area contributed by atoms with Crippen molar-refractivity contribution in [3.05, 3.63) is 58.1 Å². The zero-order valence-electron chi connectivity index (χ0n) is 17.1. The lowest BCUT2D eigenvalue weighted by molar-refractivity contribution is -0.118. The number of hydrogen-bond donors (Lipinski definition) is 2. The van der Waals surface area contributed by atoms with Gasteiger partial charge in [-0.15, -0.1) is 0 Å². The third kappa shape index (κ3) is 5.58. The normalized spacial score (nSPS) is 21.8. The van der Waals surface area contributed by atoms with Gasteiger partial charge in [-0.3, -0.25) is 0 Å². The lowest BCUT2D eigenvalue weighted by Crippen LogP contribution is -2.58. The maximum absolute atomic E-state index is 11.4. The molecular formula is C23H30Cl2N2O2. The van der Waals surface area contributed by atoms with Gasteiger partial charge >= 0.3 is 0 Å². The van der Waals surface area contributed by atoms with Gasteiger partial charge in [0, 0.05) is 41.5 Å². The van der Waals surface area contributed by atoms with Crippen LogP contribution in [0, 0.1) is 5.41 Å². The van der Waals surface area contributed by atoms with Crippen LogP contribution in [0.2, 0.25) is 10.0 Å². The molecule has 0 amide bonds. The van der Waals surface area contributed by atoms with Crippen molar-refractivity contribution in [2.24, 2.45) is 5.41 Å². The number of nitrogens with zero attached hydrogens (tertiary/aromatic N) is 1. The lowest BCUT2D eigenvalue weighted by Gasteiger charge is -2.50. The Morgan fingerprint density at radius 3 is 2.45 bits per heavy atom. The van der Waals surface area contributed by atoms with Gasteiger partial charge in [-0.2, -0.15) is 0 Å². The van der Waals surface area contributed by atoms with E-state index in [4.69, 9.17) is 33.7 Å². The van der Waals surface area contributed by atoms with Gasteiger partial charge in [0.05, 0.1) is 17.9 Å². The first-order valence-electron chi connectivity index (χ1n) is 10.1. The van der Waals surface area contributed by atoms with Crippen molar-refractivity contribution in [1.82, 2.24) is 4.90 Å². The van der Waals surface area contributed by atoms with Crippen molar-refractivity contribution in [2.45, 2.75) is 38.7 Å². The lowest BCUT2D eigenvalue weighted by atomic mass is 9.67. The monoisotopic (exact) mass is 436 g/mol. The molecule has 0 aliphatic carbocycles. The maximum atomic E-state index is 11.4. The molecule has 6 heteroatoms. The Balaban J connectivity index is 1.49. The van der Waals surface area contributed by atoms with Crippen LogP contribution >= 0.6 is 23.2 Å². The highest BCUT2D eigenvalue weighted by molar-refractivity contribution is 6.31. The smallest absolute Gasteiger partial charge is 0.142 e. The molecule has 2 aromatic rings. The average Bonchev–Trinajstić information content (AvgIpc) is 2.65. The number of ether oxygens (including phenoxy) is 1. The Morgan fingerprint density at radius 1 is 1.10 bits per heavy atom. The number of piperidine rings is 1. The van der Waals surface area contributed by atoms with Crippen molar-refractivity contribution >= 4 is 28.9 Å². The number of anilines is 1. The topological polar surface area (TPSA) is 58.7 Å². The number of aliphatic hydroxyl groups is 1. The molecule has 1 atom stereocenters. The van der Waals surface area contributed by atoms with Crippen LogP contribution in [0.25, 0.3) is 0 Å². The van der Waals surface area contributed by atoms with Crippen molar-refractivity contribution in [1.29, 1.82) is 0 Å². The van der Waals surface area contributed by atoms with Crippen LogP contribution in [0.5, 0.6) is 5.75 Å². The van der Waals surface area contributed by atoms with E-state index in [1.807, 2.05) is 24.3 Å². The Labute approximate surface area is 183 Å². The molecule has 0 bridgehead atoms. The molecule has 0 aromatic heterocycles. The predicted molar refractivity (Wildman–Crippen MR) is 121 cm³/mol. The van der Waals surface area contributed by atoms with Gasteiger partial charge in [-0.05, 0) is 48.7 Å². The van der Waals surface area contributed by atoms with E-state index in [2.05, 4.69) is 18.7 Å². The van der Waals surface area contributed by atoms with E-state index in [0.29, 0.717) is 29.5 Å². The summed E-state index contributed by atoms with van der Waals surface area (Å²) in [5.74, 6) is 0.672. The Bertz CT molecular complexity index is 826. The van der Waals surface area contributed by atoms with Gasteiger partial charge in [0.25, 0.3) is 0 Å². The zero-order valence-corrected chi connectivity index (χ0v) is 18.6. The molecule has 29 heavy (non-hydrogen) atoms. The van der Waals surface area contributed by atoms with Crippen LogP contribution in [0.3, 0.4) is 0 Å². The average molecular weight is 437 g/mol. The third-order valence-corrected chi connectivity index (χ3v) is 6.47. The first kappa shape index (κ1) is 22.2. The highest BCUT2D eigenvalue weighted by atomic mass is 35.5. The van der Waals surface area contributed by atoms with E-state index < -0.39 is 5.60 Å². The number of likely N-dealkylation sites (tertiary alicyclic amines) is 1. The summed E-state index contributed by atoms with van der Waals surface area (Å²) in [6.45, 7) is 7.54. The summed E-state index contributed by atoms with van der Waals surface area (Å²) in [7, 11) is 0. The van der Waals surface area contributed by atoms with Crippen LogP contribution in [-0.4, -0.2) is 41.8 Å². The van der Waals surface area contributed by atoms with E-state index in [-0.39, 0.29) is 5.41 Å². The number of halogens is 2. The molecule has 0 radical (unpaired) electrons. The van der Waals surface area contributed by atoms with E-state index in [1.54, 1.807) is 18.2 Å². The van der Waals surface area contributed by atoms with Crippen LogP contribution in [0.15, 0.2) is 42.5 Å². The standard InChI is InChI=1S/C23H30Cl2N2O2/c1-22(2)16-27(11-3-13-29-21-9-8-19(25)14-20(21)26)12-10-23(22,28)15-17-4-6-18(24)7-5-17/h4-9,14,28H,3,10-13,15-16,26H2,1-2H3. The van der Waals surface area contributed by atoms with Gasteiger partial charge in [0.1, 0.15) is 5.75 Å². The number of nitrogen functional groups attached to an aromatic ring is 1. The molecular weight excluding hydrogens is 407 g/mol. The minimum absolute atomic E-state index is 0.216. The summed E-state index contributed by atoms with van der Waals surface area (Å²) >= 11 is 11.9. The van der Waals surface area contributed by atoms with Crippen molar-refractivity contribution in [2.75, 3.05) is 32.0 Å². The Kier molecular flexibility index (Phi) is 7.00. The van der Waals surface area contributed by atoms with Crippen LogP contribution < -0.4 is 10.5 Å². The van der Waals surface area contributed by atoms with Gasteiger partial charge in [0.15, 0.2) is 0 Å². The molecule has 1 aliphatic heterocycles. The Hall–Kier alpha value is -1.46. The molecule has 3 rings (SSSR count). The molecule has 2 aromatic carbocycles. The molecule has 158 valence electrons. The molecule has 1 heterocycles. The van der Waals surface area contributed by atoms with E-state index >= 15 is 0 Å². The van der Waals surface area contributed by atoms with Gasteiger partial charge in [-0.25, -0.2) is 0 Å². The molecule has 1 unspecified atom stereocenters. The number of rotatable bonds is 7. The Morgan fingerprint density at radius 2 is 1.79 bits per heavy atom. The summed E-state index contributed by atoms with van der Waals surface area (Å²) in [6.07, 6.45) is 2.28. The highest BCUT2D eigenvalue weighted by Crippen LogP contribution is 2.41. The largest absolute Gasteiger partial charge is 0.491 e. The number of nitrogens with two attached hydrogens (primary N) is 1. The molecule has 0 spiro atoms. The van der Waals surface area contributed by atoms with Crippen molar-refractivity contribution in [3.8, 4) is 5.75 Å². The summed E-state index contributed by atoms with van der Waals surface area (Å²) in [4.78, 5) is 2.41.